The van der Waals surface area contributed by atoms with Crippen molar-refractivity contribution in [3.05, 3.63) is 29.6 Å². The van der Waals surface area contributed by atoms with Gasteiger partial charge >= 0.3 is 5.97 Å². The maximum absolute atomic E-state index is 10.8. The summed E-state index contributed by atoms with van der Waals surface area (Å²) >= 11 is 13.5. The number of carboxylic acids is 1. The van der Waals surface area contributed by atoms with Crippen LogP contribution in [0.4, 0.5) is 0 Å². The number of aromatic nitrogens is 1. The Labute approximate surface area is 112 Å². The molecule has 1 aliphatic rings. The van der Waals surface area contributed by atoms with Crippen molar-refractivity contribution in [3.63, 3.8) is 0 Å². The Kier molecular flexibility index (Phi) is 3.51. The molecule has 1 saturated heterocycles. The highest BCUT2D eigenvalue weighted by Gasteiger charge is 2.47. The third-order valence-electron chi connectivity index (χ3n) is 2.40. The SMILES string of the molecule is NC1N(Cl)CSC1(Cl)c1cccc(C(=O)O)n1. The number of hydrogen-bond donors (Lipinski definition) is 2. The molecule has 5 nitrogen and oxygen atoms in total. The van der Waals surface area contributed by atoms with Crippen LogP contribution in [0.3, 0.4) is 0 Å². The van der Waals surface area contributed by atoms with E-state index in [2.05, 4.69) is 4.98 Å². The topological polar surface area (TPSA) is 79.5 Å². The van der Waals surface area contributed by atoms with Gasteiger partial charge in [-0.25, -0.2) is 9.78 Å². The van der Waals surface area contributed by atoms with E-state index in [-0.39, 0.29) is 5.69 Å². The number of hydrogen-bond acceptors (Lipinski definition) is 5. The monoisotopic (exact) mass is 293 g/mol. The van der Waals surface area contributed by atoms with Crippen molar-refractivity contribution in [2.24, 2.45) is 5.73 Å². The molecule has 0 spiro atoms. The van der Waals surface area contributed by atoms with Crippen molar-refractivity contribution in [2.45, 2.75) is 10.4 Å². The fraction of sp³-hybridized carbons (Fsp3) is 0.333. The Balaban J connectivity index is 2.40. The number of nitrogens with zero attached hydrogens (tertiary/aromatic N) is 2. The second-order valence-electron chi connectivity index (χ2n) is 3.48. The minimum atomic E-state index is -1.11. The molecule has 2 atom stereocenters. The lowest BCUT2D eigenvalue weighted by Crippen LogP contribution is -2.42. The van der Waals surface area contributed by atoms with Crippen molar-refractivity contribution in [3.8, 4) is 0 Å². The summed E-state index contributed by atoms with van der Waals surface area (Å²) in [5.41, 5.74) is 6.20. The van der Waals surface area contributed by atoms with Crippen LogP contribution >= 0.6 is 35.1 Å². The van der Waals surface area contributed by atoms with Crippen LogP contribution in [0, 0.1) is 0 Å². The van der Waals surface area contributed by atoms with Crippen LogP contribution in [-0.2, 0) is 4.21 Å². The summed E-state index contributed by atoms with van der Waals surface area (Å²) in [6.07, 6.45) is -0.632. The number of halogens is 2. The summed E-state index contributed by atoms with van der Waals surface area (Å²) in [7, 11) is 0. The lowest BCUT2D eigenvalue weighted by atomic mass is 10.2. The standard InChI is InChI=1S/C9H9Cl2N3O2S/c10-9(8(12)14(11)4-17-9)6-3-1-2-5(13-6)7(15)16/h1-3,8H,4,12H2,(H,15,16). The lowest BCUT2D eigenvalue weighted by Gasteiger charge is -2.25. The van der Waals surface area contributed by atoms with Crippen LogP contribution in [-0.4, -0.2) is 32.5 Å². The van der Waals surface area contributed by atoms with Crippen LogP contribution < -0.4 is 5.73 Å². The predicted octanol–water partition coefficient (Wildman–Crippen LogP) is 1.62. The van der Waals surface area contributed by atoms with E-state index >= 15 is 0 Å². The number of carboxylic acid groups (broad SMARTS) is 1. The van der Waals surface area contributed by atoms with E-state index in [4.69, 9.17) is 34.2 Å². The Morgan fingerprint density at radius 1 is 1.71 bits per heavy atom. The summed E-state index contributed by atoms with van der Waals surface area (Å²) in [6.45, 7) is 0. The fourth-order valence-electron chi connectivity index (χ4n) is 1.47. The van der Waals surface area contributed by atoms with E-state index < -0.39 is 16.3 Å². The summed E-state index contributed by atoms with van der Waals surface area (Å²) in [6, 6.07) is 4.62. The van der Waals surface area contributed by atoms with Gasteiger partial charge in [0.25, 0.3) is 0 Å². The number of aromatic carboxylic acids is 1. The van der Waals surface area contributed by atoms with Gasteiger partial charge in [0.2, 0.25) is 0 Å². The van der Waals surface area contributed by atoms with Crippen molar-refractivity contribution < 1.29 is 9.90 Å². The first-order valence-corrected chi connectivity index (χ1v) is 6.37. The van der Waals surface area contributed by atoms with Gasteiger partial charge in [0.1, 0.15) is 11.9 Å². The Morgan fingerprint density at radius 3 is 2.94 bits per heavy atom. The maximum Gasteiger partial charge on any atom is 0.354 e. The molecule has 3 N–H and O–H groups in total. The van der Waals surface area contributed by atoms with E-state index in [0.717, 1.165) is 0 Å². The van der Waals surface area contributed by atoms with Gasteiger partial charge in [-0.3, -0.25) is 0 Å². The third kappa shape index (κ3) is 2.23. The molecule has 1 fully saturated rings. The van der Waals surface area contributed by atoms with E-state index in [1.54, 1.807) is 12.1 Å². The van der Waals surface area contributed by atoms with Gasteiger partial charge in [0.05, 0.1) is 11.6 Å². The van der Waals surface area contributed by atoms with Crippen LogP contribution in [0.2, 0.25) is 0 Å². The number of rotatable bonds is 2. The second-order valence-corrected chi connectivity index (χ2v) is 5.92. The van der Waals surface area contributed by atoms with Crippen LogP contribution in [0.15, 0.2) is 18.2 Å². The van der Waals surface area contributed by atoms with Gasteiger partial charge in [0, 0.05) is 0 Å². The predicted molar refractivity (Wildman–Crippen MR) is 66.9 cm³/mol. The van der Waals surface area contributed by atoms with Crippen LogP contribution in [0.25, 0.3) is 0 Å². The maximum atomic E-state index is 10.8. The Hall–Kier alpha value is -0.530. The highest BCUT2D eigenvalue weighted by molar-refractivity contribution is 8.01. The lowest BCUT2D eigenvalue weighted by molar-refractivity contribution is 0.0690. The van der Waals surface area contributed by atoms with Gasteiger partial charge in [-0.1, -0.05) is 17.7 Å². The van der Waals surface area contributed by atoms with Gasteiger partial charge < -0.3 is 10.8 Å². The first-order chi connectivity index (χ1) is 7.95. The molecule has 92 valence electrons. The van der Waals surface area contributed by atoms with E-state index in [0.29, 0.717) is 11.6 Å². The molecule has 2 unspecified atom stereocenters. The molecule has 2 heterocycles. The number of carbonyl (C=O) groups is 1. The fourth-order valence-corrected chi connectivity index (χ4v) is 3.27. The molecule has 0 bridgehead atoms. The number of pyridine rings is 1. The molecule has 0 amide bonds. The van der Waals surface area contributed by atoms with Gasteiger partial charge in [-0.05, 0) is 23.9 Å². The quantitative estimate of drug-likeness (QED) is 0.637. The highest BCUT2D eigenvalue weighted by atomic mass is 35.5. The molecule has 8 heteroatoms. The normalized spacial score (nSPS) is 29.5. The molecule has 0 aliphatic carbocycles. The van der Waals surface area contributed by atoms with Crippen LogP contribution in [0.1, 0.15) is 16.2 Å². The van der Waals surface area contributed by atoms with Crippen molar-refractivity contribution >= 4 is 41.1 Å². The number of alkyl halides is 1. The molecule has 1 aromatic heterocycles. The molecule has 2 rings (SSSR count). The largest absolute Gasteiger partial charge is 0.477 e. The van der Waals surface area contributed by atoms with Crippen molar-refractivity contribution in [1.82, 2.24) is 9.40 Å². The summed E-state index contributed by atoms with van der Waals surface area (Å²) in [5.74, 6) is -0.656. The molecule has 0 saturated carbocycles. The number of thioether (sulfide) groups is 1. The smallest absolute Gasteiger partial charge is 0.354 e. The van der Waals surface area contributed by atoms with Crippen molar-refractivity contribution in [1.29, 1.82) is 0 Å². The van der Waals surface area contributed by atoms with E-state index in [9.17, 15) is 4.79 Å². The summed E-state index contributed by atoms with van der Waals surface area (Å²) < 4.78 is 0.347. The Bertz CT molecular complexity index is 462. The van der Waals surface area contributed by atoms with E-state index in [1.807, 2.05) is 0 Å². The molecule has 17 heavy (non-hydrogen) atoms. The Morgan fingerprint density at radius 2 is 2.41 bits per heavy atom. The first-order valence-electron chi connectivity index (χ1n) is 4.67. The molecule has 0 radical (unpaired) electrons. The van der Waals surface area contributed by atoms with E-state index in [1.165, 1.54) is 22.2 Å². The molecule has 0 aromatic carbocycles. The average Bonchev–Trinajstić information content (AvgIpc) is 2.59. The second kappa shape index (κ2) is 4.62. The molecule has 1 aromatic rings. The molecule has 1 aliphatic heterocycles. The van der Waals surface area contributed by atoms with Gasteiger partial charge in [-0.2, -0.15) is 4.42 Å². The zero-order chi connectivity index (χ0) is 12.6. The zero-order valence-electron chi connectivity index (χ0n) is 8.51. The summed E-state index contributed by atoms with van der Waals surface area (Å²) in [5, 5.41) is 8.87. The number of nitrogens with two attached hydrogens (primary N) is 1. The van der Waals surface area contributed by atoms with Gasteiger partial charge in [0.15, 0.2) is 4.21 Å². The first kappa shape index (κ1) is 12.9. The van der Waals surface area contributed by atoms with Crippen molar-refractivity contribution in [2.75, 3.05) is 5.88 Å². The average molecular weight is 294 g/mol. The zero-order valence-corrected chi connectivity index (χ0v) is 10.8. The highest BCUT2D eigenvalue weighted by Crippen LogP contribution is 2.49. The summed E-state index contributed by atoms with van der Waals surface area (Å²) in [4.78, 5) is 14.8. The third-order valence-corrected chi connectivity index (χ3v) is 4.89. The minimum Gasteiger partial charge on any atom is -0.477 e. The molecular weight excluding hydrogens is 285 g/mol. The molecular formula is C9H9Cl2N3O2S. The van der Waals surface area contributed by atoms with Gasteiger partial charge in [-0.15, -0.1) is 11.8 Å². The minimum absolute atomic E-state index is 0.0663. The van der Waals surface area contributed by atoms with Crippen LogP contribution in [0.5, 0.6) is 0 Å².